The summed E-state index contributed by atoms with van der Waals surface area (Å²) in [6.07, 6.45) is 6.50. The van der Waals surface area contributed by atoms with Crippen LogP contribution in [0.25, 0.3) is 6.08 Å². The number of carbonyl (C=O) groups excluding carboxylic acids is 1. The average molecular weight is 517 g/mol. The second-order valence-corrected chi connectivity index (χ2v) is 9.34. The number of carbonyl (C=O) groups is 1. The molecule has 0 aliphatic carbocycles. The van der Waals surface area contributed by atoms with Gasteiger partial charge in [0.15, 0.2) is 0 Å². The van der Waals surface area contributed by atoms with Gasteiger partial charge in [0.2, 0.25) is 0 Å². The summed E-state index contributed by atoms with van der Waals surface area (Å²) >= 11 is 3.45. The van der Waals surface area contributed by atoms with Crippen molar-refractivity contribution in [3.05, 3.63) is 99.7 Å². The Balaban J connectivity index is 1.60. The zero-order valence-electron chi connectivity index (χ0n) is 19.6. The summed E-state index contributed by atoms with van der Waals surface area (Å²) in [7, 11) is 0. The lowest BCUT2D eigenvalue weighted by Gasteiger charge is -2.19. The molecule has 1 aliphatic heterocycles. The van der Waals surface area contributed by atoms with Crippen LogP contribution >= 0.6 is 15.9 Å². The molecule has 1 aliphatic rings. The monoisotopic (exact) mass is 516 g/mol. The van der Waals surface area contributed by atoms with E-state index in [0.29, 0.717) is 18.1 Å². The molecule has 174 valence electrons. The number of aryl methyl sites for hydroxylation is 1. The van der Waals surface area contributed by atoms with Crippen molar-refractivity contribution < 1.29 is 9.53 Å². The minimum atomic E-state index is -0.147. The van der Waals surface area contributed by atoms with Gasteiger partial charge in [0, 0.05) is 10.0 Å². The van der Waals surface area contributed by atoms with Gasteiger partial charge in [-0.1, -0.05) is 84.1 Å². The van der Waals surface area contributed by atoms with Crippen LogP contribution in [0.4, 0.5) is 5.69 Å². The number of amidine groups is 1. The molecule has 0 atom stereocenters. The van der Waals surface area contributed by atoms with Crippen molar-refractivity contribution in [1.82, 2.24) is 0 Å². The predicted molar refractivity (Wildman–Crippen MR) is 143 cm³/mol. The molecular weight excluding hydrogens is 488 g/mol. The van der Waals surface area contributed by atoms with Crippen molar-refractivity contribution in [3.8, 4) is 5.75 Å². The van der Waals surface area contributed by atoms with E-state index in [4.69, 9.17) is 9.73 Å². The van der Waals surface area contributed by atoms with Crippen LogP contribution in [0.2, 0.25) is 0 Å². The van der Waals surface area contributed by atoms with E-state index in [1.165, 1.54) is 19.3 Å². The third-order valence-electron chi connectivity index (χ3n) is 5.71. The van der Waals surface area contributed by atoms with Gasteiger partial charge >= 0.3 is 0 Å². The van der Waals surface area contributed by atoms with Gasteiger partial charge in [-0.3, -0.25) is 9.69 Å². The van der Waals surface area contributed by atoms with Crippen LogP contribution in [0.15, 0.2) is 88.0 Å². The topological polar surface area (TPSA) is 41.9 Å². The van der Waals surface area contributed by atoms with Gasteiger partial charge in [0.05, 0.1) is 12.3 Å². The molecule has 0 spiro atoms. The van der Waals surface area contributed by atoms with Crippen molar-refractivity contribution in [3.63, 3.8) is 0 Å². The molecule has 1 amide bonds. The van der Waals surface area contributed by atoms with E-state index >= 15 is 0 Å². The van der Waals surface area contributed by atoms with E-state index in [2.05, 4.69) is 22.9 Å². The predicted octanol–water partition coefficient (Wildman–Crippen LogP) is 7.55. The summed E-state index contributed by atoms with van der Waals surface area (Å²) in [5.74, 6) is 1.29. The van der Waals surface area contributed by atoms with Gasteiger partial charge in [-0.2, -0.15) is 0 Å². The molecule has 0 unspecified atom stereocenters. The van der Waals surface area contributed by atoms with Crippen molar-refractivity contribution in [2.45, 2.75) is 39.5 Å². The zero-order chi connectivity index (χ0) is 23.9. The van der Waals surface area contributed by atoms with Gasteiger partial charge in [-0.05, 0) is 61.4 Å². The summed E-state index contributed by atoms with van der Waals surface area (Å²) in [6, 6.07) is 23.6. The lowest BCUT2D eigenvalue weighted by molar-refractivity contribution is -0.113. The Hall–Kier alpha value is -3.18. The number of anilines is 1. The molecule has 1 heterocycles. The first-order valence-corrected chi connectivity index (χ1v) is 12.5. The van der Waals surface area contributed by atoms with E-state index in [1.807, 2.05) is 85.8 Å². The molecular formula is C29H29BrN2O2. The fraction of sp³-hybridized carbons (Fsp3) is 0.241. The van der Waals surface area contributed by atoms with Gasteiger partial charge in [0.25, 0.3) is 5.91 Å². The molecule has 0 fully saturated rings. The highest BCUT2D eigenvalue weighted by molar-refractivity contribution is 9.10. The largest absolute Gasteiger partial charge is 0.494 e. The lowest BCUT2D eigenvalue weighted by atomic mass is 10.1. The second kappa shape index (κ2) is 11.3. The number of aliphatic imine (C=N–C) groups is 1. The maximum absolute atomic E-state index is 13.5. The molecule has 4 rings (SSSR count). The Labute approximate surface area is 210 Å². The average Bonchev–Trinajstić information content (AvgIpc) is 3.17. The smallest absolute Gasteiger partial charge is 0.282 e. The number of amides is 1. The molecule has 0 saturated carbocycles. The SMILES string of the molecule is CCCCCCOc1ccc(N2C(=O)C(=Cc3ccc(Br)cc3)N=C2c2ccc(C)cc2)cc1. The third-order valence-corrected chi connectivity index (χ3v) is 6.23. The lowest BCUT2D eigenvalue weighted by Crippen LogP contribution is -2.32. The van der Waals surface area contributed by atoms with E-state index < -0.39 is 0 Å². The summed E-state index contributed by atoms with van der Waals surface area (Å²) < 4.78 is 6.87. The van der Waals surface area contributed by atoms with Gasteiger partial charge in [-0.25, -0.2) is 4.99 Å². The van der Waals surface area contributed by atoms with Crippen LogP contribution in [0, 0.1) is 6.92 Å². The summed E-state index contributed by atoms with van der Waals surface area (Å²) in [4.78, 5) is 19.9. The highest BCUT2D eigenvalue weighted by Crippen LogP contribution is 2.29. The number of hydrogen-bond acceptors (Lipinski definition) is 3. The van der Waals surface area contributed by atoms with E-state index in [9.17, 15) is 4.79 Å². The number of unbranched alkanes of at least 4 members (excludes halogenated alkanes) is 3. The molecule has 0 N–H and O–H groups in total. The van der Waals surface area contributed by atoms with Gasteiger partial charge in [-0.15, -0.1) is 0 Å². The van der Waals surface area contributed by atoms with E-state index in [0.717, 1.165) is 39.0 Å². The van der Waals surface area contributed by atoms with Crippen molar-refractivity contribution in [2.24, 2.45) is 4.99 Å². The maximum atomic E-state index is 13.5. The number of halogens is 1. The molecule has 3 aromatic carbocycles. The second-order valence-electron chi connectivity index (χ2n) is 8.43. The highest BCUT2D eigenvalue weighted by Gasteiger charge is 2.32. The third kappa shape index (κ3) is 5.84. The number of nitrogens with zero attached hydrogens (tertiary/aromatic N) is 2. The number of hydrogen-bond donors (Lipinski definition) is 0. The summed E-state index contributed by atoms with van der Waals surface area (Å²) in [5.41, 5.74) is 4.16. The Morgan fingerprint density at radius 1 is 0.912 bits per heavy atom. The molecule has 0 saturated heterocycles. The van der Waals surface area contributed by atoms with Gasteiger partial charge in [0.1, 0.15) is 17.3 Å². The quantitative estimate of drug-likeness (QED) is 0.217. The first-order chi connectivity index (χ1) is 16.5. The summed E-state index contributed by atoms with van der Waals surface area (Å²) in [6.45, 7) is 4.95. The maximum Gasteiger partial charge on any atom is 0.282 e. The highest BCUT2D eigenvalue weighted by atomic mass is 79.9. The Morgan fingerprint density at radius 2 is 1.62 bits per heavy atom. The van der Waals surface area contributed by atoms with Crippen LogP contribution in [-0.2, 0) is 4.79 Å². The number of benzene rings is 3. The number of ether oxygens (including phenoxy) is 1. The molecule has 34 heavy (non-hydrogen) atoms. The molecule has 0 aromatic heterocycles. The normalized spacial score (nSPS) is 14.6. The molecule has 0 radical (unpaired) electrons. The van der Waals surface area contributed by atoms with Crippen LogP contribution in [0.1, 0.15) is 49.3 Å². The standard InChI is InChI=1S/C29H29BrN2O2/c1-3-4-5-6-19-34-26-17-15-25(16-18-26)32-28(23-11-7-21(2)8-12-23)31-27(29(32)33)20-22-9-13-24(30)14-10-22/h7-18,20H,3-6,19H2,1-2H3. The van der Waals surface area contributed by atoms with Crippen LogP contribution < -0.4 is 9.64 Å². The summed E-state index contributed by atoms with van der Waals surface area (Å²) in [5, 5.41) is 0. The van der Waals surface area contributed by atoms with E-state index in [-0.39, 0.29) is 5.91 Å². The van der Waals surface area contributed by atoms with Gasteiger partial charge < -0.3 is 4.74 Å². The van der Waals surface area contributed by atoms with Crippen LogP contribution in [0.5, 0.6) is 5.75 Å². The minimum absolute atomic E-state index is 0.147. The molecule has 0 bridgehead atoms. The Bertz CT molecular complexity index is 1180. The van der Waals surface area contributed by atoms with Crippen LogP contribution in [0.3, 0.4) is 0 Å². The fourth-order valence-corrected chi connectivity index (χ4v) is 4.04. The zero-order valence-corrected chi connectivity index (χ0v) is 21.2. The van der Waals surface area contributed by atoms with Crippen molar-refractivity contribution >= 4 is 39.4 Å². The first-order valence-electron chi connectivity index (χ1n) is 11.8. The molecule has 4 nitrogen and oxygen atoms in total. The molecule has 5 heteroatoms. The first kappa shape index (κ1) is 24.0. The fourth-order valence-electron chi connectivity index (χ4n) is 3.78. The van der Waals surface area contributed by atoms with Crippen molar-refractivity contribution in [1.29, 1.82) is 0 Å². The number of rotatable bonds is 9. The minimum Gasteiger partial charge on any atom is -0.494 e. The Morgan fingerprint density at radius 3 is 2.29 bits per heavy atom. The molecule has 3 aromatic rings. The van der Waals surface area contributed by atoms with E-state index in [1.54, 1.807) is 4.90 Å². The van der Waals surface area contributed by atoms with Crippen LogP contribution in [-0.4, -0.2) is 18.3 Å². The Kier molecular flexibility index (Phi) is 7.96. The van der Waals surface area contributed by atoms with Crippen molar-refractivity contribution in [2.75, 3.05) is 11.5 Å².